The zero-order chi connectivity index (χ0) is 10.5. The summed E-state index contributed by atoms with van der Waals surface area (Å²) in [6, 6.07) is 7.75. The molecule has 0 radical (unpaired) electrons. The Bertz CT molecular complexity index is 364. The van der Waals surface area contributed by atoms with Gasteiger partial charge in [-0.3, -0.25) is 0 Å². The molecule has 1 aliphatic heterocycles. The van der Waals surface area contributed by atoms with Crippen molar-refractivity contribution in [2.24, 2.45) is 0 Å². The maximum atomic E-state index is 5.42. The Morgan fingerprint density at radius 3 is 2.73 bits per heavy atom. The standard InChI is InChI=1S/C13H14O2/c1-14-12-7-4-11(5-8-12)6-9-13-3-2-10-15-13/h4-5,7-8,13H,2-3,10H2,1H3/t13-/m1/s1. The summed E-state index contributed by atoms with van der Waals surface area (Å²) in [5.74, 6) is 7.09. The predicted molar refractivity (Wildman–Crippen MR) is 58.8 cm³/mol. The molecular formula is C13H14O2. The second-order valence-corrected chi connectivity index (χ2v) is 3.50. The maximum Gasteiger partial charge on any atom is 0.118 e. The summed E-state index contributed by atoms with van der Waals surface area (Å²) < 4.78 is 10.5. The van der Waals surface area contributed by atoms with Crippen LogP contribution in [0.15, 0.2) is 24.3 Å². The normalized spacial score (nSPS) is 19.4. The van der Waals surface area contributed by atoms with Gasteiger partial charge in [0.2, 0.25) is 0 Å². The van der Waals surface area contributed by atoms with Crippen molar-refractivity contribution >= 4 is 0 Å². The summed E-state index contributed by atoms with van der Waals surface area (Å²) in [5.41, 5.74) is 1.01. The zero-order valence-electron chi connectivity index (χ0n) is 8.82. The molecule has 0 amide bonds. The highest BCUT2D eigenvalue weighted by molar-refractivity contribution is 5.38. The molecule has 1 aromatic rings. The van der Waals surface area contributed by atoms with Crippen LogP contribution < -0.4 is 4.74 Å². The third-order valence-electron chi connectivity index (χ3n) is 2.40. The van der Waals surface area contributed by atoms with Gasteiger partial charge in [-0.15, -0.1) is 0 Å². The molecular weight excluding hydrogens is 188 g/mol. The van der Waals surface area contributed by atoms with Crippen molar-refractivity contribution in [3.8, 4) is 17.6 Å². The first-order valence-corrected chi connectivity index (χ1v) is 5.16. The minimum absolute atomic E-state index is 0.132. The molecule has 78 valence electrons. The molecule has 1 saturated heterocycles. The summed E-state index contributed by atoms with van der Waals surface area (Å²) >= 11 is 0. The number of benzene rings is 1. The Kier molecular flexibility index (Phi) is 3.26. The molecule has 15 heavy (non-hydrogen) atoms. The lowest BCUT2D eigenvalue weighted by Gasteiger charge is -1.99. The molecule has 2 nitrogen and oxygen atoms in total. The average molecular weight is 202 g/mol. The van der Waals surface area contributed by atoms with Gasteiger partial charge in [-0.25, -0.2) is 0 Å². The highest BCUT2D eigenvalue weighted by Gasteiger charge is 2.11. The largest absolute Gasteiger partial charge is 0.497 e. The molecule has 1 aliphatic rings. The van der Waals surface area contributed by atoms with Crippen molar-refractivity contribution < 1.29 is 9.47 Å². The van der Waals surface area contributed by atoms with Gasteiger partial charge in [0.05, 0.1) is 7.11 Å². The van der Waals surface area contributed by atoms with Crippen molar-refractivity contribution in [2.75, 3.05) is 13.7 Å². The molecule has 0 saturated carbocycles. The number of hydrogen-bond acceptors (Lipinski definition) is 2. The first-order chi connectivity index (χ1) is 7.38. The molecule has 2 rings (SSSR count). The van der Waals surface area contributed by atoms with E-state index in [4.69, 9.17) is 9.47 Å². The Balaban J connectivity index is 2.03. The average Bonchev–Trinajstić information content (AvgIpc) is 2.80. The van der Waals surface area contributed by atoms with Gasteiger partial charge in [-0.1, -0.05) is 11.8 Å². The molecule has 1 atom stereocenters. The van der Waals surface area contributed by atoms with Gasteiger partial charge >= 0.3 is 0 Å². The molecule has 0 aliphatic carbocycles. The van der Waals surface area contributed by atoms with E-state index in [1.807, 2.05) is 24.3 Å². The van der Waals surface area contributed by atoms with Crippen LogP contribution in [0.4, 0.5) is 0 Å². The van der Waals surface area contributed by atoms with Crippen LogP contribution in [0.25, 0.3) is 0 Å². The second-order valence-electron chi connectivity index (χ2n) is 3.50. The van der Waals surface area contributed by atoms with E-state index in [0.717, 1.165) is 30.8 Å². The van der Waals surface area contributed by atoms with E-state index in [1.54, 1.807) is 7.11 Å². The van der Waals surface area contributed by atoms with E-state index in [1.165, 1.54) is 0 Å². The second kappa shape index (κ2) is 4.86. The van der Waals surface area contributed by atoms with Crippen molar-refractivity contribution in [2.45, 2.75) is 18.9 Å². The van der Waals surface area contributed by atoms with Crippen LogP contribution in [-0.4, -0.2) is 19.8 Å². The van der Waals surface area contributed by atoms with Gasteiger partial charge in [0, 0.05) is 12.2 Å². The molecule has 1 heterocycles. The van der Waals surface area contributed by atoms with Gasteiger partial charge < -0.3 is 9.47 Å². The summed E-state index contributed by atoms with van der Waals surface area (Å²) in [4.78, 5) is 0. The molecule has 0 aromatic heterocycles. The molecule has 0 N–H and O–H groups in total. The van der Waals surface area contributed by atoms with Gasteiger partial charge in [0.1, 0.15) is 11.9 Å². The molecule has 1 aromatic carbocycles. The SMILES string of the molecule is COc1ccc(C#C[C@H]2CCCO2)cc1. The van der Waals surface area contributed by atoms with Crippen molar-refractivity contribution in [1.29, 1.82) is 0 Å². The molecule has 0 bridgehead atoms. The van der Waals surface area contributed by atoms with Gasteiger partial charge in [-0.05, 0) is 37.1 Å². The highest BCUT2D eigenvalue weighted by Crippen LogP contribution is 2.12. The quantitative estimate of drug-likeness (QED) is 0.650. The molecule has 0 spiro atoms. The predicted octanol–water partition coefficient (Wildman–Crippen LogP) is 2.23. The number of hydrogen-bond donors (Lipinski definition) is 0. The van der Waals surface area contributed by atoms with Gasteiger partial charge in [-0.2, -0.15) is 0 Å². The van der Waals surface area contributed by atoms with E-state index < -0.39 is 0 Å². The van der Waals surface area contributed by atoms with Crippen molar-refractivity contribution in [3.05, 3.63) is 29.8 Å². The minimum Gasteiger partial charge on any atom is -0.497 e. The van der Waals surface area contributed by atoms with Crippen LogP contribution in [0.2, 0.25) is 0 Å². The van der Waals surface area contributed by atoms with E-state index >= 15 is 0 Å². The summed E-state index contributed by atoms with van der Waals surface area (Å²) in [7, 11) is 1.66. The van der Waals surface area contributed by atoms with Crippen molar-refractivity contribution in [1.82, 2.24) is 0 Å². The summed E-state index contributed by atoms with van der Waals surface area (Å²) in [5, 5.41) is 0. The van der Waals surface area contributed by atoms with Crippen LogP contribution in [0.5, 0.6) is 5.75 Å². The van der Waals surface area contributed by atoms with E-state index in [2.05, 4.69) is 11.8 Å². The van der Waals surface area contributed by atoms with E-state index in [-0.39, 0.29) is 6.10 Å². The molecule has 1 fully saturated rings. The lowest BCUT2D eigenvalue weighted by atomic mass is 10.2. The fourth-order valence-corrected chi connectivity index (χ4v) is 1.53. The fourth-order valence-electron chi connectivity index (χ4n) is 1.53. The molecule has 2 heteroatoms. The van der Waals surface area contributed by atoms with Crippen LogP contribution in [0.1, 0.15) is 18.4 Å². The minimum atomic E-state index is 0.132. The Labute approximate surface area is 90.2 Å². The molecule has 0 unspecified atom stereocenters. The summed E-state index contributed by atoms with van der Waals surface area (Å²) in [6.07, 6.45) is 2.32. The van der Waals surface area contributed by atoms with Crippen LogP contribution >= 0.6 is 0 Å². The number of ether oxygens (including phenoxy) is 2. The van der Waals surface area contributed by atoms with Crippen LogP contribution in [0, 0.1) is 11.8 Å². The third-order valence-corrected chi connectivity index (χ3v) is 2.40. The topological polar surface area (TPSA) is 18.5 Å². The van der Waals surface area contributed by atoms with Crippen molar-refractivity contribution in [3.63, 3.8) is 0 Å². The lowest BCUT2D eigenvalue weighted by molar-refractivity contribution is 0.152. The van der Waals surface area contributed by atoms with Crippen LogP contribution in [0.3, 0.4) is 0 Å². The fraction of sp³-hybridized carbons (Fsp3) is 0.385. The van der Waals surface area contributed by atoms with Gasteiger partial charge in [0.15, 0.2) is 0 Å². The maximum absolute atomic E-state index is 5.42. The monoisotopic (exact) mass is 202 g/mol. The first kappa shape index (κ1) is 10.1. The first-order valence-electron chi connectivity index (χ1n) is 5.16. The lowest BCUT2D eigenvalue weighted by Crippen LogP contribution is -1.99. The zero-order valence-corrected chi connectivity index (χ0v) is 8.82. The highest BCUT2D eigenvalue weighted by atomic mass is 16.5. The number of rotatable bonds is 1. The Morgan fingerprint density at radius 2 is 2.13 bits per heavy atom. The van der Waals surface area contributed by atoms with Crippen LogP contribution in [-0.2, 0) is 4.74 Å². The summed E-state index contributed by atoms with van der Waals surface area (Å²) in [6.45, 7) is 0.849. The van der Waals surface area contributed by atoms with Gasteiger partial charge in [0.25, 0.3) is 0 Å². The smallest absolute Gasteiger partial charge is 0.118 e. The Morgan fingerprint density at radius 1 is 1.33 bits per heavy atom. The third kappa shape index (κ3) is 2.74. The van der Waals surface area contributed by atoms with E-state index in [0.29, 0.717) is 0 Å². The van der Waals surface area contributed by atoms with E-state index in [9.17, 15) is 0 Å². The number of methoxy groups -OCH3 is 1. The Hall–Kier alpha value is -1.46.